The van der Waals surface area contributed by atoms with Crippen molar-refractivity contribution in [3.8, 4) is 57.1 Å². The highest BCUT2D eigenvalue weighted by molar-refractivity contribution is 5.94. The number of rotatable bonds is 33. The van der Waals surface area contributed by atoms with Crippen LogP contribution < -0.4 is 72.5 Å². The molecule has 8 aromatic carbocycles. The third-order valence-corrected chi connectivity index (χ3v) is 21.6. The number of aromatic hydroxyl groups is 1. The molecule has 0 unspecified atom stereocenters. The van der Waals surface area contributed by atoms with Crippen LogP contribution in [0.1, 0.15) is 159 Å². The smallest absolute Gasteiger partial charge is 0.340 e. The summed E-state index contributed by atoms with van der Waals surface area (Å²) >= 11 is 0. The summed E-state index contributed by atoms with van der Waals surface area (Å²) in [5, 5.41) is 15.7. The summed E-state index contributed by atoms with van der Waals surface area (Å²) < 4.78 is 80.0. The number of carbonyl (C=O) groups is 1. The zero-order valence-electron chi connectivity index (χ0n) is 86.5. The van der Waals surface area contributed by atoms with Crippen molar-refractivity contribution in [3.05, 3.63) is 419 Å². The fourth-order valence-electron chi connectivity index (χ4n) is 13.8. The van der Waals surface area contributed by atoms with Crippen molar-refractivity contribution < 1.29 is 78.7 Å². The first-order valence-corrected chi connectivity index (χ1v) is 47.8. The second-order valence-electron chi connectivity index (χ2n) is 36.1. The van der Waals surface area contributed by atoms with Crippen LogP contribution in [0.2, 0.25) is 0 Å². The van der Waals surface area contributed by atoms with Gasteiger partial charge in [-0.05, 0) is 323 Å². The largest absolute Gasteiger partial charge is 0.504 e. The monoisotopic (exact) mass is 1980 g/mol. The van der Waals surface area contributed by atoms with Gasteiger partial charge in [0.05, 0.1) is 13.5 Å². The molecular weight excluding hydrogens is 1850 g/mol. The lowest BCUT2D eigenvalue weighted by molar-refractivity contribution is -0.139. The van der Waals surface area contributed by atoms with E-state index in [9.17, 15) is 43.5 Å². The Morgan fingerprint density at radius 3 is 1.04 bits per heavy atom. The van der Waals surface area contributed by atoms with Gasteiger partial charge in [-0.25, -0.2) is 33.6 Å². The minimum absolute atomic E-state index is 0.0264. The van der Waals surface area contributed by atoms with E-state index in [0.29, 0.717) is 131 Å². The van der Waals surface area contributed by atoms with E-state index in [4.69, 9.17) is 64.1 Å². The number of methoxy groups -OCH3 is 1. The molecule has 1 N–H and O–H groups in total. The summed E-state index contributed by atoms with van der Waals surface area (Å²) in [5.74, 6) is 3.91. The quantitative estimate of drug-likeness (QED) is 0.0227. The Morgan fingerprint density at radius 2 is 0.637 bits per heavy atom. The molecule has 15 rings (SSSR count). The number of phenols is 1. The van der Waals surface area contributed by atoms with Gasteiger partial charge in [0.15, 0.2) is 11.5 Å². The molecule has 0 saturated carbocycles. The van der Waals surface area contributed by atoms with E-state index in [1.807, 2.05) is 159 Å². The summed E-state index contributed by atoms with van der Waals surface area (Å²) in [6, 6.07) is 61.2. The molecule has 0 aliphatic rings. The molecule has 24 nitrogen and oxygen atoms in total. The van der Waals surface area contributed by atoms with Crippen LogP contribution in [0.5, 0.6) is 46.0 Å². The molecule has 0 radical (unpaired) electrons. The number of fused-ring (bicyclic) bond motifs is 7. The number of ether oxygens (including phenoxy) is 8. The van der Waals surface area contributed by atoms with Crippen LogP contribution >= 0.6 is 0 Å². The molecule has 15 aromatic rings. The number of allylic oxidation sites excluding steroid dienone is 11. The fourth-order valence-corrected chi connectivity index (χ4v) is 13.8. The van der Waals surface area contributed by atoms with E-state index in [1.165, 1.54) is 94.7 Å². The molecule has 0 amide bonds. The minimum Gasteiger partial charge on any atom is -0.504 e. The highest BCUT2D eigenvalue weighted by Crippen LogP contribution is 2.34. The Kier molecular flexibility index (Phi) is 44.6. The third-order valence-electron chi connectivity index (χ3n) is 21.6. The molecule has 24 heteroatoms. The Labute approximate surface area is 849 Å². The van der Waals surface area contributed by atoms with Gasteiger partial charge in [0.2, 0.25) is 0 Å². The summed E-state index contributed by atoms with van der Waals surface area (Å²) in [7, 11) is 1.27. The van der Waals surface area contributed by atoms with E-state index >= 15 is 0 Å². The normalized spacial score (nSPS) is 10.9. The highest BCUT2D eigenvalue weighted by Gasteiger charge is 2.16. The van der Waals surface area contributed by atoms with Gasteiger partial charge >= 0.3 is 45.3 Å². The lowest BCUT2D eigenvalue weighted by atomic mass is 10.0. The molecule has 0 aliphatic heterocycles. The molecule has 0 bridgehead atoms. The van der Waals surface area contributed by atoms with Gasteiger partial charge in [-0.2, -0.15) is 0 Å². The Morgan fingerprint density at radius 1 is 0.315 bits per heavy atom. The molecular formula is C122H130O24. The van der Waals surface area contributed by atoms with Crippen molar-refractivity contribution in [3.63, 3.8) is 0 Å². The van der Waals surface area contributed by atoms with Gasteiger partial charge in [-0.3, -0.25) is 4.79 Å². The van der Waals surface area contributed by atoms with Crippen molar-refractivity contribution >= 4 is 82.8 Å². The number of benzene rings is 8. The van der Waals surface area contributed by atoms with Crippen molar-refractivity contribution in [2.24, 2.45) is 0 Å². The second kappa shape index (κ2) is 57.6. The molecule has 0 aliphatic carbocycles. The van der Waals surface area contributed by atoms with Crippen molar-refractivity contribution in [1.29, 1.82) is 0 Å². The first-order chi connectivity index (χ1) is 69.8. The number of hydrogen-bond acceptors (Lipinski definition) is 24. The number of hydrogen-bond donors (Lipinski definition) is 1. The van der Waals surface area contributed by atoms with E-state index in [-0.39, 0.29) is 45.9 Å². The van der Waals surface area contributed by atoms with Gasteiger partial charge in [0.1, 0.15) is 120 Å². The molecule has 0 fully saturated rings. The summed E-state index contributed by atoms with van der Waals surface area (Å²) in [5.41, 5.74) is 16.9. The van der Waals surface area contributed by atoms with Gasteiger partial charge in [-0.15, -0.1) is 0 Å². The predicted molar refractivity (Wildman–Crippen MR) is 584 cm³/mol. The van der Waals surface area contributed by atoms with E-state index in [0.717, 1.165) is 110 Å². The molecule has 0 atom stereocenters. The lowest BCUT2D eigenvalue weighted by Crippen LogP contribution is -2.13. The summed E-state index contributed by atoms with van der Waals surface area (Å²) in [4.78, 5) is 91.2. The third kappa shape index (κ3) is 39.1. The van der Waals surface area contributed by atoms with Crippen LogP contribution in [0.15, 0.2) is 394 Å². The standard InChI is InChI=1S/C25H26O3.C20H24O3.C19H22O3.C16H16O5.C14H14O4.2C14H14O3/c1-18(2)8-7-9-19(3)14-15-27-21-12-13-22-23(20-10-5-4-6-11-20)17-25(26)28-24(22)16-21;1-14(2)6-5-7-15(3)10-11-22-17-8-9-18-16(4)12-20(21)23-19(18)13-17;1-14(2)5-4-6-15(3)11-12-21-17-9-7-16-8-10-19(20)22-18(16)13-17;1-10(2)9-20-13-5-4-11-6-12(7-15(17)19-3)16(18)21-14(11)8-13;1-9(2)5-6-17-13-8-12-10(7-11(13)15)3-4-14(16)18-12;1-9(2)8-16-11-4-5-12-10(3)6-14(15)17-13(12)7-11;1-10(2)7-8-16-12-5-3-11-4-6-14(15)17-13(11)9-12/h4-6,8,10-14,16-17H,7,9,15H2,1-3H3;6,8-10,12-13H,5,7,11H2,1-4H3;5,7-11,13H,4,6,12H2,1-3H3;4-6,8H,1,7,9H2,2-3H3;3-5,7-8,15H,6H2,1-2H3;4-7H,1,8H2,2-3H3;3-7,9H,8H2,1-2H3/b19-14+;15-10+;15-11+;;;;. The van der Waals surface area contributed by atoms with Gasteiger partial charge < -0.3 is 73.9 Å². The summed E-state index contributed by atoms with van der Waals surface area (Å²) in [6.07, 6.45) is 23.1. The van der Waals surface area contributed by atoms with Crippen molar-refractivity contribution in [2.45, 2.75) is 163 Å². The van der Waals surface area contributed by atoms with E-state index in [2.05, 4.69) is 117 Å². The van der Waals surface area contributed by atoms with E-state index < -0.39 is 17.2 Å². The van der Waals surface area contributed by atoms with Crippen molar-refractivity contribution in [2.75, 3.05) is 53.4 Å². The number of aryl methyl sites for hydroxylation is 2. The van der Waals surface area contributed by atoms with Gasteiger partial charge in [0, 0.05) is 122 Å². The SMILES string of the molecule is C=C(C)COc1ccc2c(C)cc(=O)oc2c1.C=C(C)COc1ccc2cc(CC(=O)OC)c(=O)oc2c1.CC(C)=CCC/C(C)=C/COc1ccc2c(-c3ccccc3)cc(=O)oc2c1.CC(C)=CCC/C(C)=C/COc1ccc2c(C)cc(=O)oc2c1.CC(C)=CCC/C(C)=C/COc1ccc2ccc(=O)oc2c1.CC(C)=CCOc1cc2oc(=O)ccc2cc1O.CC(C)=CCOc1ccc2ccc(=O)oc2c1. The zero-order chi connectivity index (χ0) is 106. The molecule has 146 heavy (non-hydrogen) atoms. The van der Waals surface area contributed by atoms with Crippen LogP contribution in [-0.2, 0) is 16.0 Å². The van der Waals surface area contributed by atoms with Crippen LogP contribution in [0.4, 0.5) is 0 Å². The Balaban J connectivity index is 0.000000191. The Bertz CT molecular complexity index is 7760. The zero-order valence-corrected chi connectivity index (χ0v) is 86.5. The summed E-state index contributed by atoms with van der Waals surface area (Å²) in [6.45, 7) is 45.3. The minimum atomic E-state index is -0.551. The van der Waals surface area contributed by atoms with Gasteiger partial charge in [-0.1, -0.05) is 106 Å². The average molecular weight is 1980 g/mol. The first kappa shape index (κ1) is 113. The lowest BCUT2D eigenvalue weighted by Gasteiger charge is -2.08. The first-order valence-electron chi connectivity index (χ1n) is 47.8. The molecule has 7 aromatic heterocycles. The second-order valence-corrected chi connectivity index (χ2v) is 36.1. The number of carbonyl (C=O) groups excluding carboxylic acids is 1. The average Bonchev–Trinajstić information content (AvgIpc) is 0.789. The number of phenolic OH excluding ortho intramolecular Hbond substituents is 1. The van der Waals surface area contributed by atoms with Gasteiger partial charge in [0.25, 0.3) is 0 Å². The maximum atomic E-state index is 12.0. The Hall–Kier alpha value is -16.5. The van der Waals surface area contributed by atoms with Crippen LogP contribution in [-0.4, -0.2) is 64.4 Å². The maximum absolute atomic E-state index is 12.0. The van der Waals surface area contributed by atoms with Crippen LogP contribution in [0.25, 0.3) is 87.9 Å². The predicted octanol–water partition coefficient (Wildman–Crippen LogP) is 28.1. The number of esters is 1. The molecule has 762 valence electrons. The maximum Gasteiger partial charge on any atom is 0.340 e. The topological polar surface area (TPSA) is 323 Å². The molecule has 7 heterocycles. The fraction of sp³-hybridized carbons (Fsp3) is 0.262. The molecule has 0 spiro atoms. The highest BCUT2D eigenvalue weighted by atomic mass is 16.5. The van der Waals surface area contributed by atoms with E-state index in [1.54, 1.807) is 72.8 Å². The van der Waals surface area contributed by atoms with Crippen molar-refractivity contribution in [1.82, 2.24) is 0 Å². The van der Waals surface area contributed by atoms with Crippen LogP contribution in [0, 0.1) is 13.8 Å². The van der Waals surface area contributed by atoms with Crippen LogP contribution in [0.3, 0.4) is 0 Å². The molecule has 0 saturated heterocycles.